The Morgan fingerprint density at radius 1 is 1.36 bits per heavy atom. The lowest BCUT2D eigenvalue weighted by molar-refractivity contribution is -0.211. The predicted molar refractivity (Wildman–Crippen MR) is 41.9 cm³/mol. The van der Waals surface area contributed by atoms with E-state index in [9.17, 15) is 4.79 Å². The van der Waals surface area contributed by atoms with Crippen molar-refractivity contribution in [3.63, 3.8) is 0 Å². The van der Waals surface area contributed by atoms with Crippen LogP contribution in [0.15, 0.2) is 0 Å². The SMILES string of the molecule is CC1(C)O[C@@H]2[C@@H](C(O)O)OC(=O)[C@@H]2O1. The Morgan fingerprint density at radius 2 is 2.00 bits per heavy atom. The third kappa shape index (κ3) is 1.40. The molecule has 2 fully saturated rings. The molecule has 0 aromatic carbocycles. The maximum atomic E-state index is 11.2. The van der Waals surface area contributed by atoms with Gasteiger partial charge in [0.15, 0.2) is 24.3 Å². The van der Waals surface area contributed by atoms with Gasteiger partial charge in [-0.2, -0.15) is 0 Å². The zero-order valence-electron chi connectivity index (χ0n) is 7.84. The molecule has 0 amide bonds. The minimum atomic E-state index is -1.74. The summed E-state index contributed by atoms with van der Waals surface area (Å²) in [5.74, 6) is -1.50. The van der Waals surface area contributed by atoms with Gasteiger partial charge in [0.25, 0.3) is 0 Å². The van der Waals surface area contributed by atoms with E-state index in [1.807, 2.05) is 0 Å². The Bertz CT molecular complexity index is 261. The molecule has 0 unspecified atom stereocenters. The van der Waals surface area contributed by atoms with E-state index in [4.69, 9.17) is 24.4 Å². The summed E-state index contributed by atoms with van der Waals surface area (Å²) in [6, 6.07) is 0. The minimum Gasteiger partial charge on any atom is -0.452 e. The number of carbonyl (C=O) groups excluding carboxylic acids is 1. The fraction of sp³-hybridized carbons (Fsp3) is 0.875. The number of rotatable bonds is 1. The van der Waals surface area contributed by atoms with Gasteiger partial charge >= 0.3 is 5.97 Å². The van der Waals surface area contributed by atoms with Crippen LogP contribution in [0.25, 0.3) is 0 Å². The molecule has 80 valence electrons. The highest BCUT2D eigenvalue weighted by atomic mass is 16.8. The van der Waals surface area contributed by atoms with E-state index in [1.165, 1.54) is 0 Å². The third-order valence-corrected chi connectivity index (χ3v) is 2.23. The second-order valence-corrected chi connectivity index (χ2v) is 3.84. The fourth-order valence-corrected chi connectivity index (χ4v) is 1.71. The first-order chi connectivity index (χ1) is 6.41. The first-order valence-corrected chi connectivity index (χ1v) is 4.33. The number of esters is 1. The van der Waals surface area contributed by atoms with Gasteiger partial charge in [-0.1, -0.05) is 0 Å². The monoisotopic (exact) mass is 204 g/mol. The molecule has 2 aliphatic rings. The van der Waals surface area contributed by atoms with Gasteiger partial charge in [-0.3, -0.25) is 0 Å². The second-order valence-electron chi connectivity index (χ2n) is 3.84. The number of hydrogen-bond donors (Lipinski definition) is 2. The van der Waals surface area contributed by atoms with Crippen LogP contribution in [0.1, 0.15) is 13.8 Å². The molecule has 2 saturated heterocycles. The predicted octanol–water partition coefficient (Wildman–Crippen LogP) is -1.26. The smallest absolute Gasteiger partial charge is 0.338 e. The minimum absolute atomic E-state index is 0.612. The van der Waals surface area contributed by atoms with Crippen LogP contribution in [0.5, 0.6) is 0 Å². The number of cyclic esters (lactones) is 1. The molecule has 14 heavy (non-hydrogen) atoms. The van der Waals surface area contributed by atoms with Gasteiger partial charge in [-0.25, -0.2) is 4.79 Å². The molecule has 3 atom stereocenters. The summed E-state index contributed by atoms with van der Waals surface area (Å²) in [6.45, 7) is 3.30. The molecule has 0 spiro atoms. The average Bonchev–Trinajstić information content (AvgIpc) is 2.47. The molecule has 0 aliphatic carbocycles. The molecule has 0 aromatic rings. The molecule has 2 rings (SSSR count). The normalized spacial score (nSPS) is 40.1. The van der Waals surface area contributed by atoms with Gasteiger partial charge in [-0.05, 0) is 13.8 Å². The highest BCUT2D eigenvalue weighted by Gasteiger charge is 2.57. The van der Waals surface area contributed by atoms with E-state index in [0.29, 0.717) is 0 Å². The van der Waals surface area contributed by atoms with E-state index in [0.717, 1.165) is 0 Å². The molecule has 2 N–H and O–H groups in total. The van der Waals surface area contributed by atoms with Crippen LogP contribution in [-0.4, -0.2) is 46.6 Å². The largest absolute Gasteiger partial charge is 0.452 e. The van der Waals surface area contributed by atoms with Crippen molar-refractivity contribution in [2.24, 2.45) is 0 Å². The van der Waals surface area contributed by atoms with E-state index < -0.39 is 36.4 Å². The number of aliphatic hydroxyl groups is 2. The average molecular weight is 204 g/mol. The standard InChI is InChI=1S/C8H12O6/c1-8(2)13-3-4(6(9)10)12-7(11)5(3)14-8/h3-6,9-10H,1-2H3/t3-,4+,5-/m1/s1. The van der Waals surface area contributed by atoms with Crippen LogP contribution in [0.2, 0.25) is 0 Å². The molecule has 0 bridgehead atoms. The van der Waals surface area contributed by atoms with Gasteiger partial charge < -0.3 is 24.4 Å². The quantitative estimate of drug-likeness (QED) is 0.409. The molecule has 0 radical (unpaired) electrons. The summed E-state index contributed by atoms with van der Waals surface area (Å²) in [5.41, 5.74) is 0. The Labute approximate surface area is 80.4 Å². The molecule has 2 aliphatic heterocycles. The summed E-state index contributed by atoms with van der Waals surface area (Å²) in [5, 5.41) is 17.9. The third-order valence-electron chi connectivity index (χ3n) is 2.23. The first kappa shape index (κ1) is 9.85. The fourth-order valence-electron chi connectivity index (χ4n) is 1.71. The Hall–Kier alpha value is -0.690. The molecule has 0 aromatic heterocycles. The number of hydrogen-bond acceptors (Lipinski definition) is 6. The van der Waals surface area contributed by atoms with Crippen LogP contribution in [0.4, 0.5) is 0 Å². The summed E-state index contributed by atoms with van der Waals surface area (Å²) in [7, 11) is 0. The summed E-state index contributed by atoms with van der Waals surface area (Å²) >= 11 is 0. The van der Waals surface area contributed by atoms with E-state index in [2.05, 4.69) is 0 Å². The van der Waals surface area contributed by atoms with Crippen molar-refractivity contribution >= 4 is 5.97 Å². The van der Waals surface area contributed by atoms with Crippen molar-refractivity contribution in [3.05, 3.63) is 0 Å². The lowest BCUT2D eigenvalue weighted by Gasteiger charge is -2.21. The summed E-state index contributed by atoms with van der Waals surface area (Å²) in [6.07, 6.45) is -4.39. The van der Waals surface area contributed by atoms with Crippen molar-refractivity contribution in [1.29, 1.82) is 0 Å². The summed E-state index contributed by atoms with van der Waals surface area (Å²) in [4.78, 5) is 11.2. The topological polar surface area (TPSA) is 85.2 Å². The molecular weight excluding hydrogens is 192 g/mol. The van der Waals surface area contributed by atoms with Crippen LogP contribution in [0.3, 0.4) is 0 Å². The zero-order chi connectivity index (χ0) is 10.5. The second kappa shape index (κ2) is 2.90. The van der Waals surface area contributed by atoms with E-state index >= 15 is 0 Å². The van der Waals surface area contributed by atoms with Crippen molar-refractivity contribution in [2.75, 3.05) is 0 Å². The Morgan fingerprint density at radius 3 is 2.57 bits per heavy atom. The summed E-state index contributed by atoms with van der Waals surface area (Å²) < 4.78 is 15.3. The molecule has 6 heteroatoms. The van der Waals surface area contributed by atoms with E-state index in [1.54, 1.807) is 13.8 Å². The van der Waals surface area contributed by atoms with E-state index in [-0.39, 0.29) is 0 Å². The molecule has 6 nitrogen and oxygen atoms in total. The van der Waals surface area contributed by atoms with Crippen LogP contribution in [-0.2, 0) is 19.0 Å². The first-order valence-electron chi connectivity index (χ1n) is 4.33. The Kier molecular flexibility index (Phi) is 2.04. The maximum Gasteiger partial charge on any atom is 0.338 e. The lowest BCUT2D eigenvalue weighted by atomic mass is 10.1. The van der Waals surface area contributed by atoms with Crippen molar-refractivity contribution in [3.8, 4) is 0 Å². The number of aliphatic hydroxyl groups excluding tert-OH is 1. The number of fused-ring (bicyclic) bond motifs is 1. The lowest BCUT2D eigenvalue weighted by Crippen LogP contribution is -2.38. The van der Waals surface area contributed by atoms with Gasteiger partial charge in [0.2, 0.25) is 0 Å². The highest BCUT2D eigenvalue weighted by molar-refractivity contribution is 5.78. The number of carbonyl (C=O) groups is 1. The van der Waals surface area contributed by atoms with Gasteiger partial charge in [0.1, 0.15) is 6.10 Å². The van der Waals surface area contributed by atoms with Gasteiger partial charge in [0.05, 0.1) is 0 Å². The molecular formula is C8H12O6. The van der Waals surface area contributed by atoms with Crippen molar-refractivity contribution in [2.45, 2.75) is 44.2 Å². The molecule has 2 heterocycles. The van der Waals surface area contributed by atoms with Gasteiger partial charge in [-0.15, -0.1) is 0 Å². The van der Waals surface area contributed by atoms with Crippen molar-refractivity contribution < 1.29 is 29.2 Å². The maximum absolute atomic E-state index is 11.2. The number of ether oxygens (including phenoxy) is 3. The van der Waals surface area contributed by atoms with Crippen molar-refractivity contribution in [1.82, 2.24) is 0 Å². The van der Waals surface area contributed by atoms with Crippen LogP contribution < -0.4 is 0 Å². The van der Waals surface area contributed by atoms with Crippen LogP contribution >= 0.6 is 0 Å². The van der Waals surface area contributed by atoms with Gasteiger partial charge in [0, 0.05) is 0 Å². The van der Waals surface area contributed by atoms with Crippen LogP contribution in [0, 0.1) is 0 Å². The highest BCUT2D eigenvalue weighted by Crippen LogP contribution is 2.36. The Balaban J connectivity index is 2.19. The zero-order valence-corrected chi connectivity index (χ0v) is 7.84. The molecule has 0 saturated carbocycles.